The molecule has 18 heavy (non-hydrogen) atoms. The molecular weight excluding hydrogens is 249 g/mol. The lowest BCUT2D eigenvalue weighted by atomic mass is 9.84. The van der Waals surface area contributed by atoms with Gasteiger partial charge in [-0.2, -0.15) is 0 Å². The number of nitrogens with one attached hydrogen (secondary N) is 1. The number of halogens is 2. The van der Waals surface area contributed by atoms with E-state index in [9.17, 15) is 4.39 Å². The summed E-state index contributed by atoms with van der Waals surface area (Å²) in [5.41, 5.74) is 0.585. The van der Waals surface area contributed by atoms with E-state index in [1.54, 1.807) is 12.1 Å². The topological polar surface area (TPSA) is 12.0 Å². The third kappa shape index (κ3) is 3.46. The summed E-state index contributed by atoms with van der Waals surface area (Å²) >= 11 is 6.02. The molecule has 0 spiro atoms. The molecule has 1 nitrogen and oxygen atoms in total. The van der Waals surface area contributed by atoms with E-state index in [2.05, 4.69) is 12.2 Å². The summed E-state index contributed by atoms with van der Waals surface area (Å²) in [7, 11) is 0. The van der Waals surface area contributed by atoms with Gasteiger partial charge in [-0.1, -0.05) is 36.9 Å². The van der Waals surface area contributed by atoms with Gasteiger partial charge in [-0.25, -0.2) is 4.39 Å². The third-order valence-corrected chi connectivity index (χ3v) is 4.37. The van der Waals surface area contributed by atoms with Crippen LogP contribution in [0.1, 0.15) is 44.6 Å². The molecule has 1 N–H and O–H groups in total. The van der Waals surface area contributed by atoms with Crippen molar-refractivity contribution in [1.82, 2.24) is 5.32 Å². The lowest BCUT2D eigenvalue weighted by Crippen LogP contribution is -2.34. The number of benzene rings is 1. The molecule has 1 fully saturated rings. The van der Waals surface area contributed by atoms with Crippen LogP contribution in [0.4, 0.5) is 4.39 Å². The molecule has 0 unspecified atom stereocenters. The minimum atomic E-state index is -0.217. The van der Waals surface area contributed by atoms with E-state index < -0.39 is 0 Å². The van der Waals surface area contributed by atoms with E-state index in [1.807, 2.05) is 0 Å². The highest BCUT2D eigenvalue weighted by Crippen LogP contribution is 2.27. The highest BCUT2D eigenvalue weighted by Gasteiger charge is 2.20. The molecule has 0 radical (unpaired) electrons. The average molecular weight is 270 g/mol. The number of hydrogen-bond acceptors (Lipinski definition) is 1. The van der Waals surface area contributed by atoms with Crippen LogP contribution in [0.15, 0.2) is 18.2 Å². The molecule has 0 aliphatic heterocycles. The van der Waals surface area contributed by atoms with Gasteiger partial charge in [0, 0.05) is 23.2 Å². The van der Waals surface area contributed by atoms with Crippen LogP contribution in [-0.4, -0.2) is 6.04 Å². The summed E-state index contributed by atoms with van der Waals surface area (Å²) in [6.45, 7) is 2.72. The van der Waals surface area contributed by atoms with Crippen LogP contribution in [0, 0.1) is 11.7 Å². The predicted octanol–water partition coefficient (Wildman–Crippen LogP) is 4.54. The van der Waals surface area contributed by atoms with Crippen LogP contribution in [0.5, 0.6) is 0 Å². The maximum atomic E-state index is 13.6. The van der Waals surface area contributed by atoms with Gasteiger partial charge < -0.3 is 5.32 Å². The van der Waals surface area contributed by atoms with E-state index in [1.165, 1.54) is 38.2 Å². The Morgan fingerprint density at radius 2 is 2.06 bits per heavy atom. The molecule has 1 aliphatic carbocycles. The normalized spacial score (nSPS) is 18.8. The fourth-order valence-corrected chi connectivity index (χ4v) is 2.99. The fourth-order valence-electron chi connectivity index (χ4n) is 2.77. The van der Waals surface area contributed by atoms with Crippen molar-refractivity contribution < 1.29 is 4.39 Å². The van der Waals surface area contributed by atoms with E-state index in [4.69, 9.17) is 11.6 Å². The average Bonchev–Trinajstić information content (AvgIpc) is 2.39. The molecule has 3 heteroatoms. The lowest BCUT2D eigenvalue weighted by molar-refractivity contribution is 0.280. The Morgan fingerprint density at radius 3 is 2.72 bits per heavy atom. The zero-order chi connectivity index (χ0) is 13.0. The molecular formula is C15H21ClFN. The minimum absolute atomic E-state index is 0.217. The van der Waals surface area contributed by atoms with E-state index in [0.717, 1.165) is 5.92 Å². The van der Waals surface area contributed by atoms with Crippen molar-refractivity contribution in [3.63, 3.8) is 0 Å². The van der Waals surface area contributed by atoms with Crippen LogP contribution >= 0.6 is 11.6 Å². The van der Waals surface area contributed by atoms with Gasteiger partial charge in [0.25, 0.3) is 0 Å². The van der Waals surface area contributed by atoms with Crippen molar-refractivity contribution in [2.24, 2.45) is 5.92 Å². The summed E-state index contributed by atoms with van der Waals surface area (Å²) < 4.78 is 13.6. The van der Waals surface area contributed by atoms with Gasteiger partial charge in [0.05, 0.1) is 0 Å². The van der Waals surface area contributed by atoms with E-state index >= 15 is 0 Å². The number of hydrogen-bond donors (Lipinski definition) is 1. The summed E-state index contributed by atoms with van der Waals surface area (Å²) in [5.74, 6) is 0.509. The van der Waals surface area contributed by atoms with Crippen LogP contribution in [-0.2, 0) is 6.54 Å². The van der Waals surface area contributed by atoms with Crippen molar-refractivity contribution in [3.8, 4) is 0 Å². The quantitative estimate of drug-likeness (QED) is 0.846. The SMILES string of the molecule is C[C@@H](NCc1c(F)cccc1Cl)C1CCCCC1. The molecule has 0 amide bonds. The zero-order valence-corrected chi connectivity index (χ0v) is 11.6. The maximum Gasteiger partial charge on any atom is 0.129 e. The summed E-state index contributed by atoms with van der Waals surface area (Å²) in [5, 5.41) is 3.94. The highest BCUT2D eigenvalue weighted by molar-refractivity contribution is 6.31. The smallest absolute Gasteiger partial charge is 0.129 e. The first-order chi connectivity index (χ1) is 8.68. The Hall–Kier alpha value is -0.600. The van der Waals surface area contributed by atoms with Gasteiger partial charge in [-0.3, -0.25) is 0 Å². The van der Waals surface area contributed by atoms with Gasteiger partial charge in [-0.15, -0.1) is 0 Å². The highest BCUT2D eigenvalue weighted by atomic mass is 35.5. The molecule has 2 rings (SSSR count). The first-order valence-corrected chi connectivity index (χ1v) is 7.22. The van der Waals surface area contributed by atoms with Crippen LogP contribution in [0.3, 0.4) is 0 Å². The first-order valence-electron chi connectivity index (χ1n) is 6.84. The molecule has 1 aromatic carbocycles. The van der Waals surface area contributed by atoms with Gasteiger partial charge in [0.15, 0.2) is 0 Å². The van der Waals surface area contributed by atoms with Gasteiger partial charge in [0.2, 0.25) is 0 Å². The monoisotopic (exact) mass is 269 g/mol. The van der Waals surface area contributed by atoms with E-state index in [-0.39, 0.29) is 5.82 Å². The van der Waals surface area contributed by atoms with Crippen LogP contribution in [0.2, 0.25) is 5.02 Å². The van der Waals surface area contributed by atoms with Crippen molar-refractivity contribution in [2.75, 3.05) is 0 Å². The van der Waals surface area contributed by atoms with Crippen molar-refractivity contribution >= 4 is 11.6 Å². The lowest BCUT2D eigenvalue weighted by Gasteiger charge is -2.28. The third-order valence-electron chi connectivity index (χ3n) is 4.02. The molecule has 0 heterocycles. The van der Waals surface area contributed by atoms with Gasteiger partial charge >= 0.3 is 0 Å². The zero-order valence-electron chi connectivity index (χ0n) is 10.9. The second-order valence-corrected chi connectivity index (χ2v) is 5.68. The molecule has 1 aliphatic rings. The van der Waals surface area contributed by atoms with E-state index in [0.29, 0.717) is 23.2 Å². The first kappa shape index (κ1) is 13.8. The molecule has 1 saturated carbocycles. The van der Waals surface area contributed by atoms with Gasteiger partial charge in [-0.05, 0) is 37.8 Å². The summed E-state index contributed by atoms with van der Waals surface area (Å²) in [6, 6.07) is 5.29. The number of rotatable bonds is 4. The Bertz CT molecular complexity index is 368. The van der Waals surface area contributed by atoms with Crippen LogP contribution in [0.25, 0.3) is 0 Å². The Morgan fingerprint density at radius 1 is 1.33 bits per heavy atom. The molecule has 0 saturated heterocycles. The van der Waals surface area contributed by atoms with Crippen LogP contribution < -0.4 is 5.32 Å². The van der Waals surface area contributed by atoms with Crippen molar-refractivity contribution in [1.29, 1.82) is 0 Å². The second-order valence-electron chi connectivity index (χ2n) is 5.27. The molecule has 1 atom stereocenters. The van der Waals surface area contributed by atoms with Gasteiger partial charge in [0.1, 0.15) is 5.82 Å². The van der Waals surface area contributed by atoms with Crippen molar-refractivity contribution in [3.05, 3.63) is 34.6 Å². The second kappa shape index (κ2) is 6.53. The molecule has 1 aromatic rings. The predicted molar refractivity (Wildman–Crippen MR) is 74.3 cm³/mol. The Balaban J connectivity index is 1.90. The molecule has 0 aromatic heterocycles. The largest absolute Gasteiger partial charge is 0.310 e. The maximum absolute atomic E-state index is 13.6. The summed E-state index contributed by atoms with van der Waals surface area (Å²) in [4.78, 5) is 0. The molecule has 0 bridgehead atoms. The fraction of sp³-hybridized carbons (Fsp3) is 0.600. The minimum Gasteiger partial charge on any atom is -0.310 e. The standard InChI is InChI=1S/C15H21ClFN/c1-11(12-6-3-2-4-7-12)18-10-13-14(16)8-5-9-15(13)17/h5,8-9,11-12,18H,2-4,6-7,10H2,1H3/t11-/m1/s1. The Kier molecular flexibility index (Phi) is 5.02. The summed E-state index contributed by atoms with van der Waals surface area (Å²) in [6.07, 6.45) is 6.61. The molecule has 100 valence electrons. The Labute approximate surface area is 114 Å². The van der Waals surface area contributed by atoms with Crippen molar-refractivity contribution in [2.45, 2.75) is 51.6 Å².